The van der Waals surface area contributed by atoms with E-state index in [1.165, 1.54) is 12.1 Å². The number of thiazole rings is 1. The van der Waals surface area contributed by atoms with Gasteiger partial charge in [-0.25, -0.2) is 9.97 Å². The lowest BCUT2D eigenvalue weighted by molar-refractivity contribution is -0.198. The molecule has 5 rings (SSSR count). The van der Waals surface area contributed by atoms with E-state index in [1.807, 2.05) is 74.8 Å². The molecule has 1 saturated heterocycles. The van der Waals surface area contributed by atoms with Gasteiger partial charge in [-0.15, -0.1) is 11.3 Å². The number of pyridine rings is 1. The number of ether oxygens (including phenoxy) is 3. The van der Waals surface area contributed by atoms with Crippen molar-refractivity contribution in [2.75, 3.05) is 32.2 Å². The predicted octanol–water partition coefficient (Wildman–Crippen LogP) is 6.46. The Morgan fingerprint density at radius 3 is 2.65 bits per heavy atom. The van der Waals surface area contributed by atoms with E-state index >= 15 is 0 Å². The van der Waals surface area contributed by atoms with Crippen LogP contribution in [-0.2, 0) is 23.8 Å². The summed E-state index contributed by atoms with van der Waals surface area (Å²) < 4.78 is 49.8. The molecule has 2 atom stereocenters. The van der Waals surface area contributed by atoms with Gasteiger partial charge < -0.3 is 19.5 Å². The summed E-state index contributed by atoms with van der Waals surface area (Å²) in [4.78, 5) is 9.08. The van der Waals surface area contributed by atoms with Gasteiger partial charge in [-0.2, -0.15) is 8.42 Å². The maximum atomic E-state index is 12.8. The summed E-state index contributed by atoms with van der Waals surface area (Å²) in [7, 11) is -2.11. The first-order valence-corrected chi connectivity index (χ1v) is 16.4. The summed E-state index contributed by atoms with van der Waals surface area (Å²) in [5.74, 6) is 1.45. The number of benzene rings is 2. The van der Waals surface area contributed by atoms with Gasteiger partial charge in [0, 0.05) is 19.9 Å². The standard InChI is InChI=1S/C32H35N3O6S2/c1-23-10-14-27(15-11-23)43(36,37)40-22-26(41-32-9-5-6-18-38-32)21-39-25-13-16-28-29(19-25)42-31(35-28)8-4-3-7-24-12-17-30(33-2)34-20-24/h3-4,7-8,10-17,19-20,26,32H,5-6,9,18,21-22H2,1-2H3,(H,33,34). The van der Waals surface area contributed by atoms with E-state index in [-0.39, 0.29) is 18.1 Å². The van der Waals surface area contributed by atoms with Crippen LogP contribution in [0.2, 0.25) is 0 Å². The lowest BCUT2D eigenvalue weighted by atomic mass is 10.2. The maximum absolute atomic E-state index is 12.8. The molecule has 1 fully saturated rings. The summed E-state index contributed by atoms with van der Waals surface area (Å²) in [6.45, 7) is 2.40. The number of hydrogen-bond donors (Lipinski definition) is 1. The minimum absolute atomic E-state index is 0.0926. The summed E-state index contributed by atoms with van der Waals surface area (Å²) in [5.41, 5.74) is 2.83. The van der Waals surface area contributed by atoms with Crippen molar-refractivity contribution in [2.24, 2.45) is 0 Å². The zero-order chi connectivity index (χ0) is 30.1. The van der Waals surface area contributed by atoms with Crippen LogP contribution in [0.5, 0.6) is 5.75 Å². The molecule has 1 N–H and O–H groups in total. The van der Waals surface area contributed by atoms with Gasteiger partial charge in [0.2, 0.25) is 0 Å². The molecule has 4 aromatic rings. The molecule has 1 aliphatic heterocycles. The van der Waals surface area contributed by atoms with Gasteiger partial charge in [0.1, 0.15) is 29.3 Å². The fourth-order valence-electron chi connectivity index (χ4n) is 4.33. The number of hydrogen-bond acceptors (Lipinski definition) is 10. The van der Waals surface area contributed by atoms with E-state index in [0.717, 1.165) is 51.4 Å². The topological polar surface area (TPSA) is 109 Å². The summed E-state index contributed by atoms with van der Waals surface area (Å²) in [6, 6.07) is 16.1. The quantitative estimate of drug-likeness (QED) is 0.133. The van der Waals surface area contributed by atoms with Gasteiger partial charge in [0.15, 0.2) is 6.29 Å². The lowest BCUT2D eigenvalue weighted by Gasteiger charge is -2.27. The molecule has 2 aromatic carbocycles. The highest BCUT2D eigenvalue weighted by atomic mass is 32.2. The minimum Gasteiger partial charge on any atom is -0.491 e. The van der Waals surface area contributed by atoms with E-state index in [9.17, 15) is 8.42 Å². The molecule has 0 radical (unpaired) electrons. The van der Waals surface area contributed by atoms with Crippen LogP contribution in [-0.4, -0.2) is 57.6 Å². The van der Waals surface area contributed by atoms with E-state index < -0.39 is 22.5 Å². The molecule has 2 unspecified atom stereocenters. The molecule has 0 spiro atoms. The van der Waals surface area contributed by atoms with Gasteiger partial charge in [0.05, 0.1) is 21.7 Å². The zero-order valence-corrected chi connectivity index (χ0v) is 25.8. The molecule has 0 bridgehead atoms. The Hall–Kier alpha value is -3.61. The Balaban J connectivity index is 1.21. The number of aromatic nitrogens is 2. The monoisotopic (exact) mass is 621 g/mol. The Morgan fingerprint density at radius 1 is 1.07 bits per heavy atom. The van der Waals surface area contributed by atoms with Gasteiger partial charge in [-0.1, -0.05) is 35.9 Å². The molecule has 43 heavy (non-hydrogen) atoms. The summed E-state index contributed by atoms with van der Waals surface area (Å²) >= 11 is 1.55. The third kappa shape index (κ3) is 8.94. The van der Waals surface area contributed by atoms with Crippen molar-refractivity contribution < 1.29 is 26.8 Å². The van der Waals surface area contributed by atoms with Gasteiger partial charge in [-0.3, -0.25) is 4.18 Å². The average molecular weight is 622 g/mol. The normalized spacial score (nSPS) is 16.7. The number of fused-ring (bicyclic) bond motifs is 1. The Kier molecular flexibility index (Phi) is 10.6. The predicted molar refractivity (Wildman–Crippen MR) is 170 cm³/mol. The molecule has 1 aliphatic rings. The van der Waals surface area contributed by atoms with Crippen LogP contribution in [0.3, 0.4) is 0 Å². The number of anilines is 1. The van der Waals surface area contributed by atoms with Crippen molar-refractivity contribution >= 4 is 49.6 Å². The Morgan fingerprint density at radius 2 is 1.91 bits per heavy atom. The minimum atomic E-state index is -3.95. The largest absolute Gasteiger partial charge is 0.491 e. The second-order valence-corrected chi connectivity index (χ2v) is 12.7. The average Bonchev–Trinajstić information content (AvgIpc) is 3.44. The third-order valence-electron chi connectivity index (χ3n) is 6.69. The SMILES string of the molecule is CNc1ccc(C=CC=Cc2nc3ccc(OCC(COS(=O)(=O)c4ccc(C)cc4)OC4CCCCO4)cc3s2)cn1. The Labute approximate surface area is 256 Å². The van der Waals surface area contributed by atoms with Crippen molar-refractivity contribution in [2.45, 2.75) is 43.5 Å². The summed E-state index contributed by atoms with van der Waals surface area (Å²) in [6.07, 6.45) is 11.3. The van der Waals surface area contributed by atoms with E-state index in [2.05, 4.69) is 15.3 Å². The molecule has 3 heterocycles. The van der Waals surface area contributed by atoms with Crippen LogP contribution >= 0.6 is 11.3 Å². The highest BCUT2D eigenvalue weighted by Crippen LogP contribution is 2.28. The maximum Gasteiger partial charge on any atom is 0.297 e. The third-order valence-corrected chi connectivity index (χ3v) is 8.97. The molecular weight excluding hydrogens is 587 g/mol. The molecular formula is C32H35N3O6S2. The van der Waals surface area contributed by atoms with Crippen LogP contribution < -0.4 is 10.1 Å². The molecule has 11 heteroatoms. The van der Waals surface area contributed by atoms with Gasteiger partial charge in [0.25, 0.3) is 10.1 Å². The number of rotatable bonds is 13. The molecule has 0 amide bonds. The molecule has 0 aliphatic carbocycles. The van der Waals surface area contributed by atoms with Gasteiger partial charge >= 0.3 is 0 Å². The molecule has 0 saturated carbocycles. The fourth-order valence-corrected chi connectivity index (χ4v) is 6.17. The van der Waals surface area contributed by atoms with Gasteiger partial charge in [-0.05, 0) is 80.3 Å². The van der Waals surface area contributed by atoms with E-state index in [0.29, 0.717) is 12.4 Å². The highest BCUT2D eigenvalue weighted by Gasteiger charge is 2.24. The summed E-state index contributed by atoms with van der Waals surface area (Å²) in [5, 5.41) is 3.87. The van der Waals surface area contributed by atoms with Crippen molar-refractivity contribution in [3.05, 3.63) is 89.1 Å². The number of nitrogens with one attached hydrogen (secondary N) is 1. The van der Waals surface area contributed by atoms with E-state index in [4.69, 9.17) is 18.4 Å². The lowest BCUT2D eigenvalue weighted by Crippen LogP contribution is -2.35. The fraction of sp³-hybridized carbons (Fsp3) is 0.312. The molecule has 226 valence electrons. The first-order valence-electron chi connectivity index (χ1n) is 14.1. The van der Waals surface area contributed by atoms with E-state index in [1.54, 1.807) is 23.5 Å². The van der Waals surface area contributed by atoms with Crippen molar-refractivity contribution in [3.63, 3.8) is 0 Å². The highest BCUT2D eigenvalue weighted by molar-refractivity contribution is 7.86. The number of aryl methyl sites for hydroxylation is 1. The van der Waals surface area contributed by atoms with Crippen LogP contribution in [0.4, 0.5) is 5.82 Å². The second-order valence-electron chi connectivity index (χ2n) is 10.0. The van der Waals surface area contributed by atoms with Crippen LogP contribution in [0.25, 0.3) is 22.4 Å². The number of nitrogens with zero attached hydrogens (tertiary/aromatic N) is 2. The first kappa shape index (κ1) is 30.8. The van der Waals surface area contributed by atoms with Crippen LogP contribution in [0, 0.1) is 6.92 Å². The van der Waals surface area contributed by atoms with Crippen LogP contribution in [0.15, 0.2) is 77.8 Å². The molecule has 9 nitrogen and oxygen atoms in total. The zero-order valence-electron chi connectivity index (χ0n) is 24.1. The van der Waals surface area contributed by atoms with Crippen molar-refractivity contribution in [1.29, 1.82) is 0 Å². The Bertz CT molecular complexity index is 1640. The number of allylic oxidation sites excluding steroid dienone is 2. The smallest absolute Gasteiger partial charge is 0.297 e. The first-order chi connectivity index (χ1) is 20.9. The van der Waals surface area contributed by atoms with Crippen molar-refractivity contribution in [3.8, 4) is 5.75 Å². The second kappa shape index (κ2) is 14.7. The van der Waals surface area contributed by atoms with Crippen LogP contribution in [0.1, 0.15) is 35.4 Å². The molecule has 2 aromatic heterocycles. The van der Waals surface area contributed by atoms with Crippen molar-refractivity contribution in [1.82, 2.24) is 9.97 Å².